The first-order chi connectivity index (χ1) is 17.5. The Hall–Kier alpha value is -3.05. The molecule has 0 spiro atoms. The third-order valence-electron chi connectivity index (χ3n) is 6.65. The van der Waals surface area contributed by atoms with Crippen molar-refractivity contribution in [2.75, 3.05) is 5.32 Å². The summed E-state index contributed by atoms with van der Waals surface area (Å²) in [6.07, 6.45) is 1.91. The van der Waals surface area contributed by atoms with Crippen molar-refractivity contribution >= 4 is 34.9 Å². The molecule has 1 aliphatic rings. The van der Waals surface area contributed by atoms with Crippen molar-refractivity contribution in [2.45, 2.75) is 50.6 Å². The zero-order valence-corrected chi connectivity index (χ0v) is 22.0. The molecule has 0 unspecified atom stereocenters. The van der Waals surface area contributed by atoms with E-state index in [9.17, 15) is 10.1 Å². The highest BCUT2D eigenvalue weighted by Crippen LogP contribution is 2.52. The summed E-state index contributed by atoms with van der Waals surface area (Å²) in [6.45, 7) is 5.93. The molecule has 5 nitrogen and oxygen atoms in total. The lowest BCUT2D eigenvalue weighted by Gasteiger charge is -2.37. The van der Waals surface area contributed by atoms with Crippen molar-refractivity contribution in [1.82, 2.24) is 10.3 Å². The van der Waals surface area contributed by atoms with Crippen LogP contribution in [0, 0.1) is 28.4 Å². The van der Waals surface area contributed by atoms with Gasteiger partial charge in [-0.25, -0.2) is 13.8 Å². The maximum absolute atomic E-state index is 15.6. The van der Waals surface area contributed by atoms with Crippen molar-refractivity contribution in [3.8, 4) is 6.07 Å². The van der Waals surface area contributed by atoms with Gasteiger partial charge in [0.2, 0.25) is 5.91 Å². The molecule has 4 atom stereocenters. The normalized spacial score (nSPS) is 23.5. The Bertz CT molecular complexity index is 1360. The second-order valence-electron chi connectivity index (χ2n) is 10.4. The number of nitrogens with one attached hydrogen (secondary N) is 2. The first-order valence-corrected chi connectivity index (χ1v) is 12.5. The van der Waals surface area contributed by atoms with Crippen LogP contribution in [0.25, 0.3) is 0 Å². The van der Waals surface area contributed by atoms with Crippen LogP contribution in [0.5, 0.6) is 0 Å². The fourth-order valence-corrected chi connectivity index (χ4v) is 5.54. The molecule has 2 heterocycles. The summed E-state index contributed by atoms with van der Waals surface area (Å²) in [5, 5.41) is 16.8. The van der Waals surface area contributed by atoms with E-state index in [4.69, 9.17) is 23.2 Å². The minimum absolute atomic E-state index is 0.0265. The van der Waals surface area contributed by atoms with Crippen LogP contribution in [0.15, 0.2) is 60.8 Å². The SMILES string of the molecule is CC(C)(C)C[C@@H]1N[C@@H](C(=O)Nc2ccccn2)[C@H](c2cccc(Cl)c2F)[C@@]1(C#N)c1ccc(Cl)cc1F. The molecule has 0 bridgehead atoms. The number of nitriles is 1. The predicted molar refractivity (Wildman–Crippen MR) is 141 cm³/mol. The van der Waals surface area contributed by atoms with Gasteiger partial charge in [0.25, 0.3) is 0 Å². The standard InChI is InChI=1S/C28H26Cl2F2N4O/c1-27(2,3)14-21-28(15-33,18-11-10-16(29)13-20(18)31)23(17-7-6-8-19(30)24(17)32)25(35-21)26(37)36-22-9-4-5-12-34-22/h4-13,21,23,25,35H,14H2,1-3H3,(H,34,36,37)/t21-,23-,25+,28-/m0/s1. The molecule has 1 saturated heterocycles. The molecule has 0 saturated carbocycles. The number of hydrogen-bond donors (Lipinski definition) is 2. The second kappa shape index (κ2) is 10.4. The van der Waals surface area contributed by atoms with Gasteiger partial charge in [0.1, 0.15) is 22.9 Å². The highest BCUT2D eigenvalue weighted by Gasteiger charge is 2.61. The van der Waals surface area contributed by atoms with Gasteiger partial charge in [-0.2, -0.15) is 5.26 Å². The Labute approximate surface area is 224 Å². The number of anilines is 1. The number of pyridine rings is 1. The molecule has 9 heteroatoms. The number of halogens is 4. The van der Waals surface area contributed by atoms with Crippen LogP contribution in [0.4, 0.5) is 14.6 Å². The number of benzene rings is 2. The van der Waals surface area contributed by atoms with Gasteiger partial charge in [0.15, 0.2) is 0 Å². The average Bonchev–Trinajstić information content (AvgIpc) is 3.14. The average molecular weight is 543 g/mol. The zero-order valence-electron chi connectivity index (χ0n) is 20.5. The summed E-state index contributed by atoms with van der Waals surface area (Å²) >= 11 is 12.2. The van der Waals surface area contributed by atoms with E-state index >= 15 is 8.78 Å². The lowest BCUT2D eigenvalue weighted by Crippen LogP contribution is -2.45. The number of aromatic nitrogens is 1. The molecule has 1 aliphatic heterocycles. The van der Waals surface area contributed by atoms with Crippen molar-refractivity contribution in [3.05, 3.63) is 93.6 Å². The first-order valence-electron chi connectivity index (χ1n) is 11.8. The Balaban J connectivity index is 1.98. The zero-order chi connectivity index (χ0) is 27.0. The van der Waals surface area contributed by atoms with Crippen LogP contribution >= 0.6 is 23.2 Å². The van der Waals surface area contributed by atoms with E-state index in [2.05, 4.69) is 21.7 Å². The molecule has 0 aliphatic carbocycles. The van der Waals surface area contributed by atoms with E-state index in [1.54, 1.807) is 24.3 Å². The van der Waals surface area contributed by atoms with E-state index < -0.39 is 41.0 Å². The number of carbonyl (C=O) groups excluding carboxylic acids is 1. The van der Waals surface area contributed by atoms with Crippen molar-refractivity contribution in [2.24, 2.45) is 5.41 Å². The summed E-state index contributed by atoms with van der Waals surface area (Å²) < 4.78 is 31.2. The smallest absolute Gasteiger partial charge is 0.243 e. The second-order valence-corrected chi connectivity index (χ2v) is 11.2. The molecule has 0 radical (unpaired) electrons. The largest absolute Gasteiger partial charge is 0.309 e. The van der Waals surface area contributed by atoms with Gasteiger partial charge >= 0.3 is 0 Å². The summed E-state index contributed by atoms with van der Waals surface area (Å²) in [5.41, 5.74) is -1.95. The molecule has 4 rings (SSSR count). The summed E-state index contributed by atoms with van der Waals surface area (Å²) in [4.78, 5) is 17.8. The van der Waals surface area contributed by atoms with Gasteiger partial charge in [-0.05, 0) is 47.7 Å². The number of nitrogens with zero attached hydrogens (tertiary/aromatic N) is 2. The van der Waals surface area contributed by atoms with E-state index in [1.165, 1.54) is 30.5 Å². The predicted octanol–water partition coefficient (Wildman–Crippen LogP) is 6.63. The Morgan fingerprint density at radius 1 is 1.16 bits per heavy atom. The maximum atomic E-state index is 15.6. The van der Waals surface area contributed by atoms with Crippen LogP contribution in [0.1, 0.15) is 44.2 Å². The van der Waals surface area contributed by atoms with Crippen LogP contribution in [-0.2, 0) is 10.2 Å². The highest BCUT2D eigenvalue weighted by atomic mass is 35.5. The quantitative estimate of drug-likeness (QED) is 0.379. The molecule has 2 aromatic carbocycles. The van der Waals surface area contributed by atoms with E-state index in [0.29, 0.717) is 12.2 Å². The van der Waals surface area contributed by atoms with Gasteiger partial charge in [-0.1, -0.05) is 68.2 Å². The first kappa shape index (κ1) is 27.0. The number of carbonyl (C=O) groups is 1. The van der Waals surface area contributed by atoms with Crippen molar-refractivity contribution in [1.29, 1.82) is 5.26 Å². The molecule has 1 fully saturated rings. The molecule has 1 amide bonds. The monoisotopic (exact) mass is 542 g/mol. The topological polar surface area (TPSA) is 77.8 Å². The van der Waals surface area contributed by atoms with Gasteiger partial charge in [0.05, 0.1) is 17.1 Å². The Morgan fingerprint density at radius 3 is 2.54 bits per heavy atom. The van der Waals surface area contributed by atoms with Gasteiger partial charge in [-0.15, -0.1) is 0 Å². The molecular weight excluding hydrogens is 517 g/mol. The van der Waals surface area contributed by atoms with Crippen LogP contribution < -0.4 is 10.6 Å². The van der Waals surface area contributed by atoms with Gasteiger partial charge < -0.3 is 10.6 Å². The minimum Gasteiger partial charge on any atom is -0.309 e. The highest BCUT2D eigenvalue weighted by molar-refractivity contribution is 6.31. The lowest BCUT2D eigenvalue weighted by atomic mass is 9.62. The van der Waals surface area contributed by atoms with Crippen LogP contribution in [-0.4, -0.2) is 23.0 Å². The van der Waals surface area contributed by atoms with Crippen LogP contribution in [0.3, 0.4) is 0 Å². The molecule has 2 N–H and O–H groups in total. The third-order valence-corrected chi connectivity index (χ3v) is 7.17. The van der Waals surface area contributed by atoms with Gasteiger partial charge in [-0.3, -0.25) is 4.79 Å². The number of amides is 1. The van der Waals surface area contributed by atoms with E-state index in [0.717, 1.165) is 6.07 Å². The fraction of sp³-hybridized carbons (Fsp3) is 0.321. The minimum atomic E-state index is -1.68. The Morgan fingerprint density at radius 2 is 1.92 bits per heavy atom. The maximum Gasteiger partial charge on any atom is 0.243 e. The summed E-state index contributed by atoms with van der Waals surface area (Å²) in [6, 6.07) is 14.0. The van der Waals surface area contributed by atoms with Crippen LogP contribution in [0.2, 0.25) is 10.0 Å². The third kappa shape index (κ3) is 5.19. The van der Waals surface area contributed by atoms with Crippen molar-refractivity contribution < 1.29 is 13.6 Å². The molecule has 37 heavy (non-hydrogen) atoms. The summed E-state index contributed by atoms with van der Waals surface area (Å²) in [5.74, 6) is -2.86. The number of rotatable bonds is 5. The molecule has 3 aromatic rings. The van der Waals surface area contributed by atoms with Crippen molar-refractivity contribution in [3.63, 3.8) is 0 Å². The van der Waals surface area contributed by atoms with E-state index in [1.807, 2.05) is 20.8 Å². The lowest BCUT2D eigenvalue weighted by molar-refractivity contribution is -0.118. The van der Waals surface area contributed by atoms with E-state index in [-0.39, 0.29) is 26.6 Å². The molecule has 1 aromatic heterocycles. The summed E-state index contributed by atoms with van der Waals surface area (Å²) in [7, 11) is 0. The molecular formula is C28H26Cl2F2N4O. The fourth-order valence-electron chi connectivity index (χ4n) is 5.20. The van der Waals surface area contributed by atoms with Gasteiger partial charge in [0, 0.05) is 28.7 Å². The Kier molecular flexibility index (Phi) is 7.57. The number of hydrogen-bond acceptors (Lipinski definition) is 4. The molecule has 192 valence electrons.